The van der Waals surface area contributed by atoms with Gasteiger partial charge in [-0.25, -0.2) is 8.42 Å². The fourth-order valence-corrected chi connectivity index (χ4v) is 5.90. The van der Waals surface area contributed by atoms with E-state index in [2.05, 4.69) is 0 Å². The zero-order chi connectivity index (χ0) is 17.1. The number of rotatable bonds is 6. The molecule has 2 nitrogen and oxygen atoms in total. The number of hydrogen-bond donors (Lipinski definition) is 0. The molecule has 0 bridgehead atoms. The Hall–Kier alpha value is -0.450. The van der Waals surface area contributed by atoms with Crippen molar-refractivity contribution >= 4 is 56.2 Å². The molecule has 124 valence electrons. The Morgan fingerprint density at radius 2 is 0.957 bits per heavy atom. The van der Waals surface area contributed by atoms with Crippen molar-refractivity contribution in [2.45, 2.75) is 20.2 Å². The van der Waals surface area contributed by atoms with Gasteiger partial charge in [-0.1, -0.05) is 107 Å². The highest BCUT2D eigenvalue weighted by Crippen LogP contribution is 2.45. The van der Waals surface area contributed by atoms with E-state index in [1.807, 2.05) is 12.1 Å². The summed E-state index contributed by atoms with van der Waals surface area (Å²) >= 11 is 24.5. The zero-order valence-corrected chi connectivity index (χ0v) is 15.8. The molecular weight excluding hydrogens is 398 g/mol. The first-order valence-electron chi connectivity index (χ1n) is 6.73. The summed E-state index contributed by atoms with van der Waals surface area (Å²) in [5, 5.41) is 0. The van der Waals surface area contributed by atoms with Crippen molar-refractivity contribution in [2.24, 2.45) is 0 Å². The van der Waals surface area contributed by atoms with Crippen LogP contribution in [0.25, 0.3) is 0 Å². The Morgan fingerprint density at radius 1 is 0.652 bits per heavy atom. The molecule has 0 unspecified atom stereocenters. The normalized spacial score (nSPS) is 13.0. The van der Waals surface area contributed by atoms with Crippen LogP contribution in [-0.4, -0.2) is 15.7 Å². The van der Waals surface area contributed by atoms with Gasteiger partial charge in [-0.3, -0.25) is 0 Å². The molecule has 7 heteroatoms. The summed E-state index contributed by atoms with van der Waals surface area (Å²) in [7, 11) is -4.27. The minimum Gasteiger partial charge on any atom is -0.223 e. The molecule has 0 fully saturated rings. The zero-order valence-electron chi connectivity index (χ0n) is 11.9. The van der Waals surface area contributed by atoms with Gasteiger partial charge in [0.05, 0.1) is 0 Å². The van der Waals surface area contributed by atoms with Gasteiger partial charge < -0.3 is 0 Å². The summed E-state index contributed by atoms with van der Waals surface area (Å²) in [6, 6.07) is 17.6. The lowest BCUT2D eigenvalue weighted by molar-refractivity contribution is 0.578. The summed E-state index contributed by atoms with van der Waals surface area (Å²) in [6.45, 7) is 0. The molecule has 0 saturated heterocycles. The van der Waals surface area contributed by atoms with Crippen molar-refractivity contribution in [1.82, 2.24) is 0 Å². The van der Waals surface area contributed by atoms with Crippen molar-refractivity contribution in [3.63, 3.8) is 0 Å². The molecule has 2 aromatic carbocycles. The highest BCUT2D eigenvalue weighted by atomic mass is 35.5. The van der Waals surface area contributed by atoms with Crippen LogP contribution >= 0.6 is 46.4 Å². The number of sulfone groups is 1. The Bertz CT molecular complexity index is 685. The second-order valence-corrected chi connectivity index (χ2v) is 11.4. The summed E-state index contributed by atoms with van der Waals surface area (Å²) in [4.78, 5) is 0. The van der Waals surface area contributed by atoms with Crippen LogP contribution in [-0.2, 0) is 22.7 Å². The molecule has 0 aliphatic carbocycles. The van der Waals surface area contributed by atoms with Gasteiger partial charge in [-0.15, -0.1) is 0 Å². The van der Waals surface area contributed by atoms with Crippen LogP contribution in [0.5, 0.6) is 0 Å². The number of benzene rings is 2. The number of hydrogen-bond acceptors (Lipinski definition) is 2. The fourth-order valence-electron chi connectivity index (χ4n) is 2.08. The van der Waals surface area contributed by atoms with Gasteiger partial charge in [0.1, 0.15) is 0 Å². The maximum absolute atomic E-state index is 12.8. The molecular formula is C16H14Cl4O2S. The van der Waals surface area contributed by atoms with Gasteiger partial charge in [-0.2, -0.15) is 0 Å². The SMILES string of the molecule is O=S(=O)(C(Cl)(Cl)Cc1ccccc1)C(Cl)(Cl)Cc1ccccc1. The standard InChI is InChI=1S/C16H14Cl4O2S/c17-15(18,11-13-7-3-1-4-8-13)23(21,22)16(19,20)12-14-9-5-2-6-10-14/h1-10H,11-12H2. The fraction of sp³-hybridized carbons (Fsp3) is 0.250. The molecule has 0 amide bonds. The van der Waals surface area contributed by atoms with Gasteiger partial charge in [0.25, 0.3) is 0 Å². The van der Waals surface area contributed by atoms with Crippen LogP contribution in [0.1, 0.15) is 11.1 Å². The topological polar surface area (TPSA) is 34.1 Å². The first-order chi connectivity index (χ1) is 10.7. The first-order valence-corrected chi connectivity index (χ1v) is 9.73. The van der Waals surface area contributed by atoms with E-state index in [4.69, 9.17) is 46.4 Å². The molecule has 0 spiro atoms. The molecule has 0 aromatic heterocycles. The Labute approximate surface area is 156 Å². The van der Waals surface area contributed by atoms with E-state index < -0.39 is 17.2 Å². The van der Waals surface area contributed by atoms with Crippen molar-refractivity contribution in [3.05, 3.63) is 71.8 Å². The molecule has 2 rings (SSSR count). The van der Waals surface area contributed by atoms with Crippen molar-refractivity contribution in [2.75, 3.05) is 0 Å². The van der Waals surface area contributed by atoms with Crippen LogP contribution in [0.2, 0.25) is 0 Å². The van der Waals surface area contributed by atoms with E-state index in [9.17, 15) is 8.42 Å². The molecule has 0 saturated carbocycles. The van der Waals surface area contributed by atoms with E-state index in [1.54, 1.807) is 48.5 Å². The van der Waals surface area contributed by atoms with Gasteiger partial charge in [0.2, 0.25) is 17.2 Å². The van der Waals surface area contributed by atoms with Crippen molar-refractivity contribution in [3.8, 4) is 0 Å². The smallest absolute Gasteiger partial charge is 0.223 e. The molecule has 2 aromatic rings. The summed E-state index contributed by atoms with van der Waals surface area (Å²) in [5.74, 6) is 0. The van der Waals surface area contributed by atoms with Gasteiger partial charge in [0, 0.05) is 12.8 Å². The Balaban J connectivity index is 2.27. The lowest BCUT2D eigenvalue weighted by Gasteiger charge is -2.28. The average Bonchev–Trinajstić information content (AvgIpc) is 2.48. The van der Waals surface area contributed by atoms with Crippen molar-refractivity contribution < 1.29 is 8.42 Å². The van der Waals surface area contributed by atoms with E-state index >= 15 is 0 Å². The van der Waals surface area contributed by atoms with Crippen LogP contribution in [0.3, 0.4) is 0 Å². The quantitative estimate of drug-likeness (QED) is 0.616. The second kappa shape index (κ2) is 7.20. The van der Waals surface area contributed by atoms with Crippen LogP contribution < -0.4 is 0 Å². The second-order valence-electron chi connectivity index (χ2n) is 5.10. The Kier molecular flexibility index (Phi) is 5.91. The average molecular weight is 412 g/mol. The number of halogens is 4. The molecule has 0 aliphatic heterocycles. The molecule has 0 atom stereocenters. The van der Waals surface area contributed by atoms with E-state index in [1.165, 1.54) is 0 Å². The third-order valence-electron chi connectivity index (χ3n) is 3.29. The monoisotopic (exact) mass is 410 g/mol. The van der Waals surface area contributed by atoms with Crippen LogP contribution in [0.4, 0.5) is 0 Å². The predicted octanol–water partition coefficient (Wildman–Crippen LogP) is 5.15. The minimum absolute atomic E-state index is 0.116. The third kappa shape index (κ3) is 4.34. The number of alkyl halides is 4. The van der Waals surface area contributed by atoms with E-state index in [-0.39, 0.29) is 12.8 Å². The van der Waals surface area contributed by atoms with E-state index in [0.29, 0.717) is 11.1 Å². The minimum atomic E-state index is -4.27. The maximum atomic E-state index is 12.8. The first kappa shape index (κ1) is 18.9. The van der Waals surface area contributed by atoms with Gasteiger partial charge >= 0.3 is 0 Å². The van der Waals surface area contributed by atoms with Gasteiger partial charge in [0.15, 0.2) is 0 Å². The molecule has 0 radical (unpaired) electrons. The highest BCUT2D eigenvalue weighted by Gasteiger charge is 2.53. The van der Waals surface area contributed by atoms with Gasteiger partial charge in [-0.05, 0) is 11.1 Å². The highest BCUT2D eigenvalue weighted by molar-refractivity contribution is 7.99. The van der Waals surface area contributed by atoms with Crippen molar-refractivity contribution in [1.29, 1.82) is 0 Å². The summed E-state index contributed by atoms with van der Waals surface area (Å²) in [6.07, 6.45) is -0.232. The summed E-state index contributed by atoms with van der Waals surface area (Å²) in [5.41, 5.74) is 1.34. The summed E-state index contributed by atoms with van der Waals surface area (Å²) < 4.78 is 21.2. The molecule has 0 heterocycles. The van der Waals surface area contributed by atoms with Crippen LogP contribution in [0, 0.1) is 0 Å². The maximum Gasteiger partial charge on any atom is 0.224 e. The molecule has 0 N–H and O–H groups in total. The largest absolute Gasteiger partial charge is 0.224 e. The lowest BCUT2D eigenvalue weighted by atomic mass is 10.2. The third-order valence-corrected chi connectivity index (χ3v) is 8.13. The lowest BCUT2D eigenvalue weighted by Crippen LogP contribution is -2.42. The van der Waals surface area contributed by atoms with Crippen LogP contribution in [0.15, 0.2) is 60.7 Å². The Morgan fingerprint density at radius 3 is 1.26 bits per heavy atom. The molecule has 23 heavy (non-hydrogen) atoms. The van der Waals surface area contributed by atoms with E-state index in [0.717, 1.165) is 0 Å². The molecule has 0 aliphatic rings. The predicted molar refractivity (Wildman–Crippen MR) is 98.1 cm³/mol.